The summed E-state index contributed by atoms with van der Waals surface area (Å²) in [6.07, 6.45) is 0. The minimum Gasteiger partial charge on any atom is -0.364 e. The topological polar surface area (TPSA) is 32.3 Å². The Labute approximate surface area is 131 Å². The molecule has 0 heterocycles. The van der Waals surface area contributed by atoms with Crippen LogP contribution in [0, 0.1) is 10.5 Å². The lowest BCUT2D eigenvalue weighted by Crippen LogP contribution is -2.21. The number of amides is 1. The first-order chi connectivity index (χ1) is 8.40. The highest BCUT2D eigenvalue weighted by molar-refractivity contribution is 14.1. The summed E-state index contributed by atoms with van der Waals surface area (Å²) in [6.45, 7) is 1.98. The third-order valence-corrected chi connectivity index (χ3v) is 4.56. The number of thioether (sulfide) groups is 1. The van der Waals surface area contributed by atoms with E-state index in [-0.39, 0.29) is 5.91 Å². The van der Waals surface area contributed by atoms with Crippen molar-refractivity contribution in [2.75, 3.05) is 25.2 Å². The van der Waals surface area contributed by atoms with Gasteiger partial charge >= 0.3 is 0 Å². The Bertz CT molecular complexity index is 463. The molecule has 0 aliphatic heterocycles. The van der Waals surface area contributed by atoms with E-state index >= 15 is 0 Å². The Morgan fingerprint density at radius 2 is 2.17 bits per heavy atom. The van der Waals surface area contributed by atoms with Crippen LogP contribution in [0.15, 0.2) is 18.2 Å². The van der Waals surface area contributed by atoms with E-state index in [0.717, 1.165) is 14.8 Å². The van der Waals surface area contributed by atoms with E-state index in [9.17, 15) is 4.79 Å². The number of carbonyl (C=O) groups is 1. The summed E-state index contributed by atoms with van der Waals surface area (Å²) in [5.41, 5.74) is 1.92. The molecule has 0 atom stereocenters. The second-order valence-corrected chi connectivity index (χ2v) is 6.81. The predicted octanol–water partition coefficient (Wildman–Crippen LogP) is 3.12. The van der Waals surface area contributed by atoms with Crippen LogP contribution in [0.3, 0.4) is 0 Å². The van der Waals surface area contributed by atoms with Crippen molar-refractivity contribution in [1.29, 1.82) is 0 Å². The van der Waals surface area contributed by atoms with E-state index in [1.165, 1.54) is 11.8 Å². The van der Waals surface area contributed by atoms with Crippen molar-refractivity contribution in [3.63, 3.8) is 0 Å². The predicted molar refractivity (Wildman–Crippen MR) is 91.3 cm³/mol. The van der Waals surface area contributed by atoms with Crippen molar-refractivity contribution in [3.05, 3.63) is 27.3 Å². The van der Waals surface area contributed by atoms with Gasteiger partial charge in [0, 0.05) is 23.4 Å². The molecule has 98 valence electrons. The van der Waals surface area contributed by atoms with Crippen LogP contribution < -0.4 is 5.32 Å². The summed E-state index contributed by atoms with van der Waals surface area (Å²) in [6, 6.07) is 5.93. The van der Waals surface area contributed by atoms with Gasteiger partial charge in [0.2, 0.25) is 5.91 Å². The molecule has 1 amide bonds. The van der Waals surface area contributed by atoms with Crippen LogP contribution in [0.2, 0.25) is 0 Å². The maximum atomic E-state index is 11.8. The van der Waals surface area contributed by atoms with Gasteiger partial charge in [-0.25, -0.2) is 0 Å². The number of nitrogens with one attached hydrogen (secondary N) is 1. The molecule has 0 saturated heterocycles. The first-order valence-electron chi connectivity index (χ1n) is 5.30. The smallest absolute Gasteiger partial charge is 0.234 e. The third-order valence-electron chi connectivity index (χ3n) is 2.15. The SMILES string of the molecule is Cc1cc(I)ccc1NC(=O)CSC(=S)N(C)C. The van der Waals surface area contributed by atoms with E-state index in [1.54, 1.807) is 0 Å². The standard InChI is InChI=1S/C12H15IN2OS2/c1-8-6-9(13)4-5-10(8)14-11(16)7-18-12(17)15(2)3/h4-6H,7H2,1-3H3,(H,14,16). The van der Waals surface area contributed by atoms with Crippen LogP contribution in [0.25, 0.3) is 0 Å². The zero-order valence-corrected chi connectivity index (χ0v) is 14.3. The number of hydrogen-bond acceptors (Lipinski definition) is 3. The molecule has 0 radical (unpaired) electrons. The first-order valence-corrected chi connectivity index (χ1v) is 7.77. The number of thiocarbonyl (C=S) groups is 1. The molecule has 0 unspecified atom stereocenters. The van der Waals surface area contributed by atoms with Crippen LogP contribution in [0.1, 0.15) is 5.56 Å². The highest BCUT2D eigenvalue weighted by Crippen LogP contribution is 2.18. The average Bonchev–Trinajstić information content (AvgIpc) is 2.29. The van der Waals surface area contributed by atoms with Gasteiger partial charge in [0.25, 0.3) is 0 Å². The van der Waals surface area contributed by atoms with Crippen molar-refractivity contribution in [2.45, 2.75) is 6.92 Å². The summed E-state index contributed by atoms with van der Waals surface area (Å²) in [5.74, 6) is 0.302. The van der Waals surface area contributed by atoms with Crippen LogP contribution in [-0.4, -0.2) is 35.0 Å². The van der Waals surface area contributed by atoms with E-state index in [2.05, 4.69) is 27.9 Å². The van der Waals surface area contributed by atoms with Crippen molar-refractivity contribution in [2.24, 2.45) is 0 Å². The van der Waals surface area contributed by atoms with E-state index in [4.69, 9.17) is 12.2 Å². The zero-order valence-electron chi connectivity index (χ0n) is 10.5. The normalized spacial score (nSPS) is 10.0. The van der Waals surface area contributed by atoms with Gasteiger partial charge in [-0.05, 0) is 53.3 Å². The Morgan fingerprint density at radius 1 is 1.50 bits per heavy atom. The largest absolute Gasteiger partial charge is 0.364 e. The van der Waals surface area contributed by atoms with Gasteiger partial charge in [-0.1, -0.05) is 24.0 Å². The molecule has 0 aliphatic rings. The second-order valence-electron chi connectivity index (χ2n) is 3.96. The molecule has 18 heavy (non-hydrogen) atoms. The number of aryl methyl sites for hydroxylation is 1. The molecular formula is C12H15IN2OS2. The number of rotatable bonds is 3. The van der Waals surface area contributed by atoms with E-state index < -0.39 is 0 Å². The van der Waals surface area contributed by atoms with Gasteiger partial charge in [0.05, 0.1) is 5.75 Å². The van der Waals surface area contributed by atoms with Crippen molar-refractivity contribution in [3.8, 4) is 0 Å². The maximum absolute atomic E-state index is 11.8. The quantitative estimate of drug-likeness (QED) is 0.631. The number of carbonyl (C=O) groups excluding carboxylic acids is 1. The Kier molecular flexibility index (Phi) is 6.37. The third kappa shape index (κ3) is 5.11. The molecule has 3 nitrogen and oxygen atoms in total. The van der Waals surface area contributed by atoms with Gasteiger partial charge in [0.1, 0.15) is 4.32 Å². The zero-order chi connectivity index (χ0) is 13.7. The minimum atomic E-state index is -0.0338. The summed E-state index contributed by atoms with van der Waals surface area (Å²) < 4.78 is 1.87. The number of hydrogen-bond donors (Lipinski definition) is 1. The van der Waals surface area contributed by atoms with Crippen molar-refractivity contribution < 1.29 is 4.79 Å². The number of nitrogens with zero attached hydrogens (tertiary/aromatic N) is 1. The molecule has 6 heteroatoms. The van der Waals surface area contributed by atoms with Crippen LogP contribution in [0.4, 0.5) is 5.69 Å². The van der Waals surface area contributed by atoms with Crippen LogP contribution in [0.5, 0.6) is 0 Å². The highest BCUT2D eigenvalue weighted by atomic mass is 127. The number of benzene rings is 1. The second kappa shape index (κ2) is 7.30. The molecule has 0 aromatic heterocycles. The molecule has 1 rings (SSSR count). The van der Waals surface area contributed by atoms with Gasteiger partial charge in [-0.2, -0.15) is 0 Å². The Balaban J connectivity index is 2.52. The van der Waals surface area contributed by atoms with Gasteiger partial charge in [-0.15, -0.1) is 0 Å². The highest BCUT2D eigenvalue weighted by Gasteiger charge is 2.08. The Hall–Kier alpha value is -0.340. The fraction of sp³-hybridized carbons (Fsp3) is 0.333. The summed E-state index contributed by atoms with van der Waals surface area (Å²) >= 11 is 8.73. The van der Waals surface area contributed by atoms with Crippen molar-refractivity contribution >= 4 is 62.5 Å². The monoisotopic (exact) mass is 394 g/mol. The first kappa shape index (κ1) is 15.7. The minimum absolute atomic E-state index is 0.0338. The van der Waals surface area contributed by atoms with Gasteiger partial charge < -0.3 is 10.2 Å². The fourth-order valence-electron chi connectivity index (χ4n) is 1.21. The van der Waals surface area contributed by atoms with E-state index in [1.807, 2.05) is 44.1 Å². The molecule has 0 fully saturated rings. The molecular weight excluding hydrogens is 379 g/mol. The lowest BCUT2D eigenvalue weighted by atomic mass is 10.2. The Morgan fingerprint density at radius 3 is 2.72 bits per heavy atom. The lowest BCUT2D eigenvalue weighted by Gasteiger charge is -2.13. The fourth-order valence-corrected chi connectivity index (χ4v) is 2.62. The molecule has 0 spiro atoms. The molecule has 0 bridgehead atoms. The van der Waals surface area contributed by atoms with Gasteiger partial charge in [-0.3, -0.25) is 4.79 Å². The van der Waals surface area contributed by atoms with Crippen LogP contribution >= 0.6 is 46.6 Å². The maximum Gasteiger partial charge on any atom is 0.234 e. The van der Waals surface area contributed by atoms with Crippen molar-refractivity contribution in [1.82, 2.24) is 4.90 Å². The average molecular weight is 394 g/mol. The molecule has 1 aromatic rings. The number of anilines is 1. The van der Waals surface area contributed by atoms with Crippen LogP contribution in [-0.2, 0) is 4.79 Å². The van der Waals surface area contributed by atoms with E-state index in [0.29, 0.717) is 10.1 Å². The van der Waals surface area contributed by atoms with Gasteiger partial charge in [0.15, 0.2) is 0 Å². The summed E-state index contributed by atoms with van der Waals surface area (Å²) in [7, 11) is 3.74. The molecule has 0 saturated carbocycles. The number of halogens is 1. The molecule has 1 aromatic carbocycles. The molecule has 1 N–H and O–H groups in total. The molecule has 0 aliphatic carbocycles. The summed E-state index contributed by atoms with van der Waals surface area (Å²) in [4.78, 5) is 13.6. The summed E-state index contributed by atoms with van der Waals surface area (Å²) in [5, 5.41) is 2.89. The lowest BCUT2D eigenvalue weighted by molar-refractivity contribution is -0.113.